The molecule has 2 heteroatoms. The quantitative estimate of drug-likeness (QED) is 0.506. The summed E-state index contributed by atoms with van der Waals surface area (Å²) in [5, 5.41) is 1.20. The molecule has 0 bridgehead atoms. The first kappa shape index (κ1) is 7.90. The van der Waals surface area contributed by atoms with Gasteiger partial charge in [0.2, 0.25) is 0 Å². The van der Waals surface area contributed by atoms with Crippen LogP contribution in [0.2, 0.25) is 0 Å². The monoisotopic (exact) mass is 138 g/mol. The Morgan fingerprint density at radius 3 is 2.45 bits per heavy atom. The zero-order valence-electron chi connectivity index (χ0n) is 6.20. The Morgan fingerprint density at radius 1 is 0.909 bits per heavy atom. The van der Waals surface area contributed by atoms with Crippen molar-refractivity contribution in [3.63, 3.8) is 0 Å². The number of para-hydroxylation sites is 1. The van der Waals surface area contributed by atoms with E-state index in [1.54, 1.807) is 0 Å². The first-order valence-electron chi connectivity index (χ1n) is 3.26. The predicted molar refractivity (Wildman–Crippen MR) is 47.5 cm³/mol. The van der Waals surface area contributed by atoms with Gasteiger partial charge < -0.3 is 0 Å². The molecule has 1 aromatic carbocycles. The third-order valence-electron chi connectivity index (χ3n) is 1.51. The molecule has 0 saturated heterocycles. The topological polar surface area (TPSA) is 12.9 Å². The fourth-order valence-electron chi connectivity index (χ4n) is 1.02. The van der Waals surface area contributed by atoms with Crippen LogP contribution in [0.15, 0.2) is 42.6 Å². The van der Waals surface area contributed by atoms with E-state index in [1.807, 2.05) is 30.5 Å². The van der Waals surface area contributed by atoms with Crippen molar-refractivity contribution in [3.05, 3.63) is 42.6 Å². The molecule has 0 spiro atoms. The fourth-order valence-corrected chi connectivity index (χ4v) is 1.02. The summed E-state index contributed by atoms with van der Waals surface area (Å²) in [5.41, 5.74) is 1.06. The Labute approximate surface area is 69.3 Å². The van der Waals surface area contributed by atoms with Gasteiger partial charge in [0.15, 0.2) is 0 Å². The van der Waals surface area contributed by atoms with Crippen molar-refractivity contribution >= 4 is 21.0 Å². The molecule has 1 heterocycles. The van der Waals surface area contributed by atoms with Crippen LogP contribution in [0.1, 0.15) is 0 Å². The van der Waals surface area contributed by atoms with Crippen LogP contribution in [0, 0.1) is 0 Å². The number of hydrogen-bond donors (Lipinski definition) is 0. The first-order valence-corrected chi connectivity index (χ1v) is 3.26. The van der Waals surface area contributed by atoms with Crippen molar-refractivity contribution in [2.75, 3.05) is 0 Å². The van der Waals surface area contributed by atoms with Crippen LogP contribution in [0.5, 0.6) is 0 Å². The number of pyridine rings is 1. The van der Waals surface area contributed by atoms with E-state index in [0.29, 0.717) is 0 Å². The van der Waals surface area contributed by atoms with Gasteiger partial charge in [0.05, 0.1) is 5.52 Å². The number of aromatic nitrogens is 1. The van der Waals surface area contributed by atoms with Crippen molar-refractivity contribution in [2.24, 2.45) is 0 Å². The van der Waals surface area contributed by atoms with Crippen molar-refractivity contribution in [2.45, 2.75) is 0 Å². The zero-order chi connectivity index (χ0) is 6.81. The molecule has 0 fully saturated rings. The van der Waals surface area contributed by atoms with Gasteiger partial charge in [-0.2, -0.15) is 0 Å². The molecule has 11 heavy (non-hydrogen) atoms. The van der Waals surface area contributed by atoms with E-state index in [-0.39, 0.29) is 10.1 Å². The minimum atomic E-state index is 0. The molecule has 1 nitrogen and oxygen atoms in total. The van der Waals surface area contributed by atoms with Gasteiger partial charge in [-0.3, -0.25) is 4.98 Å². The Morgan fingerprint density at radius 2 is 1.64 bits per heavy atom. The molecular formula is C9H7BeN+2. The number of nitrogens with zero attached hydrogens (tertiary/aromatic N) is 1. The minimum Gasteiger partial charge on any atom is -0.256 e. The molecule has 0 radical (unpaired) electrons. The normalized spacial score (nSPS) is 9.09. The van der Waals surface area contributed by atoms with Crippen LogP contribution < -0.4 is 0 Å². The van der Waals surface area contributed by atoms with Gasteiger partial charge in [-0.25, -0.2) is 0 Å². The third kappa shape index (κ3) is 1.44. The smallest absolute Gasteiger partial charge is 0.256 e. The maximum absolute atomic E-state index is 4.18. The largest absolute Gasteiger partial charge is 2.00 e. The second-order valence-corrected chi connectivity index (χ2v) is 2.20. The number of fused-ring (bicyclic) bond motifs is 1. The van der Waals surface area contributed by atoms with E-state index in [2.05, 4.69) is 17.1 Å². The molecule has 1 aromatic heterocycles. The summed E-state index contributed by atoms with van der Waals surface area (Å²) < 4.78 is 0. The Balaban J connectivity index is 0.000000605. The maximum atomic E-state index is 4.18. The molecule has 0 aliphatic rings. The van der Waals surface area contributed by atoms with Crippen LogP contribution in [-0.2, 0) is 0 Å². The molecule has 2 aromatic rings. The minimum absolute atomic E-state index is 0. The van der Waals surface area contributed by atoms with Gasteiger partial charge in [-0.05, 0) is 12.1 Å². The van der Waals surface area contributed by atoms with Crippen LogP contribution in [-0.4, -0.2) is 15.1 Å². The summed E-state index contributed by atoms with van der Waals surface area (Å²) in [6.45, 7) is 0. The molecular weight excluding hydrogens is 131 g/mol. The van der Waals surface area contributed by atoms with Gasteiger partial charge in [0.25, 0.3) is 0 Å². The Kier molecular flexibility index (Phi) is 2.35. The predicted octanol–water partition coefficient (Wildman–Crippen LogP) is 1.85. The Bertz CT molecular complexity index is 281. The van der Waals surface area contributed by atoms with Crippen molar-refractivity contribution in [1.82, 2.24) is 4.98 Å². The van der Waals surface area contributed by atoms with Crippen LogP contribution in [0.3, 0.4) is 0 Å². The molecule has 2 rings (SSSR count). The molecule has 0 aliphatic heterocycles. The van der Waals surface area contributed by atoms with Crippen molar-refractivity contribution in [3.8, 4) is 0 Å². The van der Waals surface area contributed by atoms with Crippen LogP contribution >= 0.6 is 0 Å². The van der Waals surface area contributed by atoms with Gasteiger partial charge in [0, 0.05) is 11.6 Å². The number of rotatable bonds is 0. The second kappa shape index (κ2) is 3.27. The molecule has 0 atom stereocenters. The molecule has 0 unspecified atom stereocenters. The average Bonchev–Trinajstić information content (AvgIpc) is 2.05. The summed E-state index contributed by atoms with van der Waals surface area (Å²) in [5.74, 6) is 0. The molecule has 0 saturated carbocycles. The summed E-state index contributed by atoms with van der Waals surface area (Å²) >= 11 is 0. The molecule has 0 aliphatic carbocycles. The average molecular weight is 138 g/mol. The molecule has 48 valence electrons. The number of hydrogen-bond acceptors (Lipinski definition) is 1. The Hall–Kier alpha value is -1.20. The van der Waals surface area contributed by atoms with Crippen LogP contribution in [0.25, 0.3) is 10.9 Å². The molecule has 0 amide bonds. The van der Waals surface area contributed by atoms with Crippen molar-refractivity contribution < 1.29 is 0 Å². The van der Waals surface area contributed by atoms with E-state index in [9.17, 15) is 0 Å². The fraction of sp³-hybridized carbons (Fsp3) is 0. The summed E-state index contributed by atoms with van der Waals surface area (Å²) in [6.07, 6.45) is 1.81. The van der Waals surface area contributed by atoms with Gasteiger partial charge in [-0.1, -0.05) is 24.3 Å². The van der Waals surface area contributed by atoms with Gasteiger partial charge in [-0.15, -0.1) is 0 Å². The van der Waals surface area contributed by atoms with Crippen molar-refractivity contribution in [1.29, 1.82) is 0 Å². The van der Waals surface area contributed by atoms with E-state index < -0.39 is 0 Å². The first-order chi connectivity index (χ1) is 4.97. The van der Waals surface area contributed by atoms with E-state index >= 15 is 0 Å². The van der Waals surface area contributed by atoms with Crippen LogP contribution in [0.4, 0.5) is 0 Å². The second-order valence-electron chi connectivity index (χ2n) is 2.20. The van der Waals surface area contributed by atoms with E-state index in [4.69, 9.17) is 0 Å². The van der Waals surface area contributed by atoms with E-state index in [1.165, 1.54) is 5.39 Å². The maximum Gasteiger partial charge on any atom is 2.00 e. The van der Waals surface area contributed by atoms with Gasteiger partial charge >= 0.3 is 10.1 Å². The standard InChI is InChI=1S/C9H7N.Be/c1-2-6-9-8(4-1)5-3-7-10-9;/h1-7H;/q;+2. The zero-order valence-corrected chi connectivity index (χ0v) is 6.20. The third-order valence-corrected chi connectivity index (χ3v) is 1.51. The van der Waals surface area contributed by atoms with Gasteiger partial charge in [0.1, 0.15) is 0 Å². The SMILES string of the molecule is [Be+2].c1ccc2ncccc2c1. The summed E-state index contributed by atoms with van der Waals surface area (Å²) in [4.78, 5) is 4.18. The molecule has 0 N–H and O–H groups in total. The summed E-state index contributed by atoms with van der Waals surface area (Å²) in [6, 6.07) is 12.1. The van der Waals surface area contributed by atoms with E-state index in [0.717, 1.165) is 5.52 Å². The number of benzene rings is 1. The summed E-state index contributed by atoms with van der Waals surface area (Å²) in [7, 11) is 0.